The smallest absolute Gasteiger partial charge is 0.219 e. The van der Waals surface area contributed by atoms with Gasteiger partial charge in [-0.05, 0) is 18.6 Å². The zero-order valence-corrected chi connectivity index (χ0v) is 16.9. The molecular formula is C20H33N5O3. The van der Waals surface area contributed by atoms with Crippen molar-refractivity contribution in [2.45, 2.75) is 19.8 Å². The van der Waals surface area contributed by atoms with E-state index in [-0.39, 0.29) is 5.91 Å². The molecule has 0 aromatic carbocycles. The predicted molar refractivity (Wildman–Crippen MR) is 108 cm³/mol. The number of morpholine rings is 1. The largest absolute Gasteiger partial charge is 0.469 e. The molecule has 28 heavy (non-hydrogen) atoms. The van der Waals surface area contributed by atoms with E-state index in [0.717, 1.165) is 96.7 Å². The first-order valence-electron chi connectivity index (χ1n) is 10.3. The topological polar surface area (TPSA) is 73.6 Å². The van der Waals surface area contributed by atoms with Crippen LogP contribution in [0.25, 0.3) is 0 Å². The van der Waals surface area contributed by atoms with E-state index >= 15 is 0 Å². The van der Waals surface area contributed by atoms with E-state index in [1.807, 2.05) is 17.0 Å². The van der Waals surface area contributed by atoms with Gasteiger partial charge in [0, 0.05) is 72.2 Å². The quantitative estimate of drug-likeness (QED) is 0.418. The van der Waals surface area contributed by atoms with Crippen LogP contribution in [-0.4, -0.2) is 98.7 Å². The van der Waals surface area contributed by atoms with E-state index in [1.165, 1.54) is 0 Å². The molecule has 0 unspecified atom stereocenters. The molecule has 2 aliphatic heterocycles. The van der Waals surface area contributed by atoms with Crippen molar-refractivity contribution in [3.63, 3.8) is 0 Å². The zero-order valence-electron chi connectivity index (χ0n) is 16.9. The summed E-state index contributed by atoms with van der Waals surface area (Å²) in [4.78, 5) is 23.0. The Morgan fingerprint density at radius 1 is 1.14 bits per heavy atom. The number of aliphatic imine (C=N–C) groups is 1. The maximum atomic E-state index is 11.6. The van der Waals surface area contributed by atoms with Gasteiger partial charge in [0.05, 0.1) is 19.5 Å². The molecular weight excluding hydrogens is 358 g/mol. The Kier molecular flexibility index (Phi) is 8.17. The van der Waals surface area contributed by atoms with Crippen molar-refractivity contribution < 1.29 is 13.9 Å². The van der Waals surface area contributed by atoms with Crippen LogP contribution in [0.1, 0.15) is 19.1 Å². The third-order valence-corrected chi connectivity index (χ3v) is 5.26. The van der Waals surface area contributed by atoms with Gasteiger partial charge in [0.2, 0.25) is 5.91 Å². The van der Waals surface area contributed by atoms with E-state index in [1.54, 1.807) is 13.2 Å². The number of piperazine rings is 1. The first-order chi connectivity index (χ1) is 13.7. The van der Waals surface area contributed by atoms with Gasteiger partial charge in [0.25, 0.3) is 0 Å². The van der Waals surface area contributed by atoms with Crippen molar-refractivity contribution in [1.82, 2.24) is 20.0 Å². The zero-order chi connectivity index (χ0) is 19.6. The summed E-state index contributed by atoms with van der Waals surface area (Å²) in [5.74, 6) is 2.06. The first-order valence-corrected chi connectivity index (χ1v) is 10.3. The highest BCUT2D eigenvalue weighted by Crippen LogP contribution is 2.05. The lowest BCUT2D eigenvalue weighted by molar-refractivity contribution is -0.130. The van der Waals surface area contributed by atoms with Crippen molar-refractivity contribution in [2.24, 2.45) is 4.99 Å². The van der Waals surface area contributed by atoms with Crippen LogP contribution in [0.15, 0.2) is 27.8 Å². The summed E-state index contributed by atoms with van der Waals surface area (Å²) in [7, 11) is 0. The van der Waals surface area contributed by atoms with Gasteiger partial charge < -0.3 is 24.3 Å². The molecule has 0 spiro atoms. The predicted octanol–water partition coefficient (Wildman–Crippen LogP) is 0.654. The van der Waals surface area contributed by atoms with Crippen LogP contribution in [0, 0.1) is 0 Å². The lowest BCUT2D eigenvalue weighted by atomic mass is 10.3. The third kappa shape index (κ3) is 6.53. The summed E-state index contributed by atoms with van der Waals surface area (Å²) in [6, 6.07) is 3.91. The average molecular weight is 392 g/mol. The first kappa shape index (κ1) is 20.7. The van der Waals surface area contributed by atoms with E-state index in [0.29, 0.717) is 0 Å². The fourth-order valence-corrected chi connectivity index (χ4v) is 3.56. The normalized spacial score (nSPS) is 19.1. The maximum absolute atomic E-state index is 11.6. The molecule has 2 saturated heterocycles. The molecule has 0 bridgehead atoms. The lowest BCUT2D eigenvalue weighted by Gasteiger charge is -2.36. The fraction of sp³-hybridized carbons (Fsp3) is 0.700. The highest BCUT2D eigenvalue weighted by atomic mass is 16.5. The molecule has 2 fully saturated rings. The number of guanidine groups is 1. The van der Waals surface area contributed by atoms with Crippen molar-refractivity contribution in [3.05, 3.63) is 24.2 Å². The number of carbonyl (C=O) groups excluding carboxylic acids is 1. The highest BCUT2D eigenvalue weighted by molar-refractivity contribution is 5.80. The van der Waals surface area contributed by atoms with Crippen molar-refractivity contribution in [2.75, 3.05) is 72.1 Å². The molecule has 2 aliphatic rings. The summed E-state index contributed by atoms with van der Waals surface area (Å²) in [5, 5.41) is 3.49. The van der Waals surface area contributed by atoms with Crippen molar-refractivity contribution >= 4 is 11.9 Å². The molecule has 3 rings (SSSR count). The van der Waals surface area contributed by atoms with Crippen LogP contribution in [-0.2, 0) is 16.0 Å². The number of furan rings is 1. The second kappa shape index (κ2) is 11.1. The summed E-state index contributed by atoms with van der Waals surface area (Å²) in [5.41, 5.74) is 0. The van der Waals surface area contributed by atoms with Crippen molar-refractivity contribution in [3.8, 4) is 0 Å². The number of nitrogens with zero attached hydrogens (tertiary/aromatic N) is 4. The Hall–Kier alpha value is -2.06. The summed E-state index contributed by atoms with van der Waals surface area (Å²) >= 11 is 0. The number of hydrogen-bond acceptors (Lipinski definition) is 5. The van der Waals surface area contributed by atoms with Gasteiger partial charge in [-0.25, -0.2) is 0 Å². The van der Waals surface area contributed by atoms with Crippen LogP contribution in [0.4, 0.5) is 0 Å². The van der Waals surface area contributed by atoms with Crippen LogP contribution >= 0.6 is 0 Å². The van der Waals surface area contributed by atoms with E-state index < -0.39 is 0 Å². The monoisotopic (exact) mass is 391 g/mol. The van der Waals surface area contributed by atoms with Gasteiger partial charge in [-0.3, -0.25) is 14.7 Å². The van der Waals surface area contributed by atoms with Gasteiger partial charge >= 0.3 is 0 Å². The Balaban J connectivity index is 1.48. The summed E-state index contributed by atoms with van der Waals surface area (Å²) in [6.07, 6.45) is 3.57. The summed E-state index contributed by atoms with van der Waals surface area (Å²) in [6.45, 7) is 11.1. The Labute approximate surface area is 167 Å². The standard InChI is InChI=1S/C20H33N5O3/c1-18(26)24-9-11-25(12-10-24)20(22-7-5-19-4-2-15-28-19)21-6-3-8-23-13-16-27-17-14-23/h2,4,15H,3,5-14,16-17H2,1H3,(H,21,22). The van der Waals surface area contributed by atoms with E-state index in [4.69, 9.17) is 14.1 Å². The van der Waals surface area contributed by atoms with Gasteiger partial charge in [-0.1, -0.05) is 0 Å². The van der Waals surface area contributed by atoms with Crippen molar-refractivity contribution in [1.29, 1.82) is 0 Å². The summed E-state index contributed by atoms with van der Waals surface area (Å²) < 4.78 is 10.8. The molecule has 156 valence electrons. The van der Waals surface area contributed by atoms with Crippen LogP contribution in [0.3, 0.4) is 0 Å². The van der Waals surface area contributed by atoms with Gasteiger partial charge in [-0.15, -0.1) is 0 Å². The molecule has 1 aromatic heterocycles. The second-order valence-corrected chi connectivity index (χ2v) is 7.26. The number of ether oxygens (including phenoxy) is 1. The molecule has 0 aliphatic carbocycles. The molecule has 8 heteroatoms. The minimum Gasteiger partial charge on any atom is -0.469 e. The molecule has 0 saturated carbocycles. The van der Waals surface area contributed by atoms with Crippen LogP contribution in [0.2, 0.25) is 0 Å². The van der Waals surface area contributed by atoms with Crippen LogP contribution < -0.4 is 5.32 Å². The maximum Gasteiger partial charge on any atom is 0.219 e. The Morgan fingerprint density at radius 2 is 1.89 bits per heavy atom. The van der Waals surface area contributed by atoms with Crippen LogP contribution in [0.5, 0.6) is 0 Å². The minimum atomic E-state index is 0.148. The fourth-order valence-electron chi connectivity index (χ4n) is 3.56. The number of hydrogen-bond donors (Lipinski definition) is 1. The molecule has 1 amide bonds. The minimum absolute atomic E-state index is 0.148. The average Bonchev–Trinajstić information content (AvgIpc) is 3.24. The number of rotatable bonds is 7. The van der Waals surface area contributed by atoms with E-state index in [9.17, 15) is 4.79 Å². The van der Waals surface area contributed by atoms with Gasteiger partial charge in [-0.2, -0.15) is 0 Å². The highest BCUT2D eigenvalue weighted by Gasteiger charge is 2.21. The SMILES string of the molecule is CC(=O)N1CCN(C(=NCCCN2CCOCC2)NCCc2ccco2)CC1. The number of carbonyl (C=O) groups is 1. The van der Waals surface area contributed by atoms with E-state index in [2.05, 4.69) is 15.1 Å². The van der Waals surface area contributed by atoms with Gasteiger partial charge in [0.15, 0.2) is 5.96 Å². The second-order valence-electron chi connectivity index (χ2n) is 7.26. The lowest BCUT2D eigenvalue weighted by Crippen LogP contribution is -2.53. The number of nitrogens with one attached hydrogen (secondary N) is 1. The Bertz CT molecular complexity index is 605. The molecule has 0 atom stereocenters. The molecule has 3 heterocycles. The third-order valence-electron chi connectivity index (χ3n) is 5.26. The van der Waals surface area contributed by atoms with Gasteiger partial charge in [0.1, 0.15) is 5.76 Å². The molecule has 1 N–H and O–H groups in total. The number of amides is 1. The molecule has 8 nitrogen and oxygen atoms in total. The Morgan fingerprint density at radius 3 is 2.57 bits per heavy atom. The molecule has 0 radical (unpaired) electrons. The molecule has 1 aromatic rings.